The predicted octanol–water partition coefficient (Wildman–Crippen LogP) is 3.78. The second kappa shape index (κ2) is 8.27. The van der Waals surface area contributed by atoms with Crippen LogP contribution in [0.25, 0.3) is 0 Å². The van der Waals surface area contributed by atoms with Crippen molar-refractivity contribution in [2.75, 3.05) is 43.0 Å². The number of carbonyl (C=O) groups is 1. The number of hydrogen-bond acceptors (Lipinski definition) is 3. The summed E-state index contributed by atoms with van der Waals surface area (Å²) >= 11 is 7.98. The Hall–Kier alpha value is -0.910. The summed E-state index contributed by atoms with van der Waals surface area (Å²) in [5.74, 6) is 2.16. The lowest BCUT2D eigenvalue weighted by Crippen LogP contribution is -2.49. The highest BCUT2D eigenvalue weighted by Crippen LogP contribution is 2.21. The summed E-state index contributed by atoms with van der Waals surface area (Å²) in [4.78, 5) is 17.3. The van der Waals surface area contributed by atoms with Gasteiger partial charge >= 0.3 is 6.03 Å². The largest absolute Gasteiger partial charge is 0.322 e. The molecule has 23 heavy (non-hydrogen) atoms. The maximum atomic E-state index is 12.8. The normalized spacial score (nSPS) is 22.8. The first kappa shape index (κ1) is 16.9. The molecule has 0 spiro atoms. The number of nitrogens with zero attached hydrogens (tertiary/aromatic N) is 2. The fourth-order valence-corrected chi connectivity index (χ4v) is 4.52. The van der Waals surface area contributed by atoms with Crippen molar-refractivity contribution in [1.82, 2.24) is 9.80 Å². The Balaban J connectivity index is 1.66. The Morgan fingerprint density at radius 1 is 1.26 bits per heavy atom. The number of hydrogen-bond donors (Lipinski definition) is 1. The maximum absolute atomic E-state index is 12.8. The first-order valence-corrected chi connectivity index (χ1v) is 9.89. The number of benzene rings is 1. The van der Waals surface area contributed by atoms with Gasteiger partial charge in [0.2, 0.25) is 0 Å². The fraction of sp³-hybridized carbons (Fsp3) is 0.588. The highest BCUT2D eigenvalue weighted by Gasteiger charge is 2.28. The van der Waals surface area contributed by atoms with Crippen molar-refractivity contribution < 1.29 is 4.79 Å². The number of thioether (sulfide) groups is 1. The van der Waals surface area contributed by atoms with Gasteiger partial charge in [0.15, 0.2) is 0 Å². The molecule has 1 aromatic carbocycles. The minimum Gasteiger partial charge on any atom is -0.319 e. The summed E-state index contributed by atoms with van der Waals surface area (Å²) in [7, 11) is 0. The summed E-state index contributed by atoms with van der Waals surface area (Å²) in [6.45, 7) is 4.17. The number of urea groups is 1. The van der Waals surface area contributed by atoms with Gasteiger partial charge in [0.05, 0.1) is 6.04 Å². The maximum Gasteiger partial charge on any atom is 0.322 e. The molecule has 2 aliphatic heterocycles. The van der Waals surface area contributed by atoms with Crippen LogP contribution in [0.4, 0.5) is 10.5 Å². The van der Waals surface area contributed by atoms with Crippen LogP contribution in [0.5, 0.6) is 0 Å². The molecule has 126 valence electrons. The molecule has 0 bridgehead atoms. The molecule has 0 aromatic heterocycles. The van der Waals surface area contributed by atoms with Gasteiger partial charge in [-0.15, -0.1) is 0 Å². The monoisotopic (exact) mass is 353 g/mol. The van der Waals surface area contributed by atoms with E-state index in [1.807, 2.05) is 34.9 Å². The molecule has 2 heterocycles. The van der Waals surface area contributed by atoms with Crippen molar-refractivity contribution in [3.63, 3.8) is 0 Å². The standard InChI is InChI=1S/C17H24ClN3OS/c18-14-5-3-6-15(11-14)19-17(22)21-9-4-10-23-13-16(21)12-20-7-1-2-8-20/h3,5-6,11,16H,1-2,4,7-10,12-13H2,(H,19,22). The lowest BCUT2D eigenvalue weighted by molar-refractivity contribution is 0.173. The van der Waals surface area contributed by atoms with Crippen molar-refractivity contribution in [1.29, 1.82) is 0 Å². The van der Waals surface area contributed by atoms with Gasteiger partial charge in [-0.05, 0) is 56.3 Å². The first-order chi connectivity index (χ1) is 11.2. The van der Waals surface area contributed by atoms with Crippen LogP contribution in [0, 0.1) is 0 Å². The van der Waals surface area contributed by atoms with Crippen LogP contribution in [0.1, 0.15) is 19.3 Å². The Kier molecular flexibility index (Phi) is 6.08. The van der Waals surface area contributed by atoms with Gasteiger partial charge in [0.25, 0.3) is 0 Å². The minimum atomic E-state index is -0.000960. The summed E-state index contributed by atoms with van der Waals surface area (Å²) < 4.78 is 0. The second-order valence-electron chi connectivity index (χ2n) is 6.22. The van der Waals surface area contributed by atoms with E-state index in [1.54, 1.807) is 6.07 Å². The highest BCUT2D eigenvalue weighted by molar-refractivity contribution is 7.99. The summed E-state index contributed by atoms with van der Waals surface area (Å²) in [6, 6.07) is 7.64. The molecular weight excluding hydrogens is 330 g/mol. The summed E-state index contributed by atoms with van der Waals surface area (Å²) in [5.41, 5.74) is 0.763. The Labute approximate surface area is 147 Å². The van der Waals surface area contributed by atoms with Crippen molar-refractivity contribution in [2.45, 2.75) is 25.3 Å². The van der Waals surface area contributed by atoms with Crippen LogP contribution >= 0.6 is 23.4 Å². The molecule has 0 saturated carbocycles. The minimum absolute atomic E-state index is 0.000960. The van der Waals surface area contributed by atoms with E-state index in [1.165, 1.54) is 25.9 Å². The van der Waals surface area contributed by atoms with Crippen molar-refractivity contribution >= 4 is 35.1 Å². The van der Waals surface area contributed by atoms with Crippen LogP contribution in [0.3, 0.4) is 0 Å². The Morgan fingerprint density at radius 2 is 2.09 bits per heavy atom. The van der Waals surface area contributed by atoms with Gasteiger partial charge in [-0.1, -0.05) is 17.7 Å². The van der Waals surface area contributed by atoms with Crippen LogP contribution < -0.4 is 5.32 Å². The fourth-order valence-electron chi connectivity index (χ4n) is 3.27. The number of nitrogens with one attached hydrogen (secondary N) is 1. The quantitative estimate of drug-likeness (QED) is 0.898. The molecule has 6 heteroatoms. The Morgan fingerprint density at radius 3 is 2.87 bits per heavy atom. The first-order valence-electron chi connectivity index (χ1n) is 8.36. The zero-order valence-electron chi connectivity index (χ0n) is 13.3. The molecule has 4 nitrogen and oxygen atoms in total. The molecule has 0 radical (unpaired) electrons. The van der Waals surface area contributed by atoms with Crippen LogP contribution in [0.15, 0.2) is 24.3 Å². The number of amides is 2. The third-order valence-electron chi connectivity index (χ3n) is 4.44. The molecule has 1 aromatic rings. The zero-order valence-corrected chi connectivity index (χ0v) is 14.9. The van der Waals surface area contributed by atoms with Gasteiger partial charge in [-0.3, -0.25) is 0 Å². The molecule has 1 atom stereocenters. The number of rotatable bonds is 3. The number of anilines is 1. The van der Waals surface area contributed by atoms with Crippen LogP contribution in [-0.4, -0.2) is 59.6 Å². The van der Waals surface area contributed by atoms with Crippen molar-refractivity contribution in [3.05, 3.63) is 29.3 Å². The third-order valence-corrected chi connectivity index (χ3v) is 5.88. The van der Waals surface area contributed by atoms with E-state index in [4.69, 9.17) is 11.6 Å². The van der Waals surface area contributed by atoms with Gasteiger partial charge in [0, 0.05) is 29.6 Å². The van der Waals surface area contributed by atoms with E-state index in [0.717, 1.165) is 36.7 Å². The summed E-state index contributed by atoms with van der Waals surface area (Å²) in [5, 5.41) is 3.65. The van der Waals surface area contributed by atoms with Crippen molar-refractivity contribution in [3.8, 4) is 0 Å². The SMILES string of the molecule is O=C(Nc1cccc(Cl)c1)N1CCCSCC1CN1CCCC1. The highest BCUT2D eigenvalue weighted by atomic mass is 35.5. The van der Waals surface area contributed by atoms with Crippen LogP contribution in [0.2, 0.25) is 5.02 Å². The number of carbonyl (C=O) groups excluding carboxylic acids is 1. The number of halogens is 1. The van der Waals surface area contributed by atoms with E-state index in [-0.39, 0.29) is 6.03 Å². The average Bonchev–Trinajstić information content (AvgIpc) is 2.92. The molecular formula is C17H24ClN3OS. The third kappa shape index (κ3) is 4.78. The zero-order chi connectivity index (χ0) is 16.1. The van der Waals surface area contributed by atoms with E-state index in [0.29, 0.717) is 11.1 Å². The molecule has 1 unspecified atom stereocenters. The van der Waals surface area contributed by atoms with E-state index < -0.39 is 0 Å². The Bertz CT molecular complexity index is 536. The van der Waals surface area contributed by atoms with Crippen LogP contribution in [-0.2, 0) is 0 Å². The molecule has 2 fully saturated rings. The molecule has 3 rings (SSSR count). The molecule has 2 amide bonds. The van der Waals surface area contributed by atoms with Gasteiger partial charge in [-0.2, -0.15) is 11.8 Å². The van der Waals surface area contributed by atoms with Gasteiger partial charge in [0.1, 0.15) is 0 Å². The van der Waals surface area contributed by atoms with E-state index in [9.17, 15) is 4.79 Å². The van der Waals surface area contributed by atoms with Gasteiger partial charge in [-0.25, -0.2) is 4.79 Å². The molecule has 2 saturated heterocycles. The van der Waals surface area contributed by atoms with Crippen molar-refractivity contribution in [2.24, 2.45) is 0 Å². The average molecular weight is 354 g/mol. The smallest absolute Gasteiger partial charge is 0.319 e. The topological polar surface area (TPSA) is 35.6 Å². The lowest BCUT2D eigenvalue weighted by Gasteiger charge is -2.32. The van der Waals surface area contributed by atoms with Gasteiger partial charge < -0.3 is 15.1 Å². The predicted molar refractivity (Wildman–Crippen MR) is 98.6 cm³/mol. The molecule has 0 aliphatic carbocycles. The van der Waals surface area contributed by atoms with E-state index >= 15 is 0 Å². The summed E-state index contributed by atoms with van der Waals surface area (Å²) in [6.07, 6.45) is 3.63. The lowest BCUT2D eigenvalue weighted by atomic mass is 10.2. The number of likely N-dealkylation sites (tertiary alicyclic amines) is 1. The second-order valence-corrected chi connectivity index (χ2v) is 7.81. The van der Waals surface area contributed by atoms with E-state index in [2.05, 4.69) is 10.2 Å². The molecule has 1 N–H and O–H groups in total. The molecule has 2 aliphatic rings.